The number of aliphatic carboxylic acids is 1. The van der Waals surface area contributed by atoms with Gasteiger partial charge in [0.1, 0.15) is 6.04 Å². The minimum Gasteiger partial charge on any atom is -0.480 e. The van der Waals surface area contributed by atoms with Crippen LogP contribution in [0.3, 0.4) is 0 Å². The first kappa shape index (κ1) is 15.1. The van der Waals surface area contributed by atoms with Crippen molar-refractivity contribution in [2.75, 3.05) is 5.75 Å². The van der Waals surface area contributed by atoms with Crippen LogP contribution in [0.5, 0.6) is 0 Å². The van der Waals surface area contributed by atoms with Crippen molar-refractivity contribution >= 4 is 17.7 Å². The van der Waals surface area contributed by atoms with Crippen molar-refractivity contribution in [3.63, 3.8) is 0 Å². The molecule has 0 amide bonds. The number of rotatable bonds is 7. The van der Waals surface area contributed by atoms with Gasteiger partial charge in [0.2, 0.25) is 0 Å². The molecule has 0 unspecified atom stereocenters. The molecule has 3 nitrogen and oxygen atoms in total. The van der Waals surface area contributed by atoms with E-state index < -0.39 is 12.0 Å². The SMILES string of the molecule is CCSc1cccc(CN[C@@H](C(=O)O)C(C)C)c1. The molecule has 1 atom stereocenters. The minimum atomic E-state index is -0.788. The van der Waals surface area contributed by atoms with Crippen LogP contribution >= 0.6 is 11.8 Å². The molecule has 0 saturated heterocycles. The van der Waals surface area contributed by atoms with Gasteiger partial charge >= 0.3 is 5.97 Å². The van der Waals surface area contributed by atoms with E-state index in [0.29, 0.717) is 6.54 Å². The van der Waals surface area contributed by atoms with Gasteiger partial charge in [0.25, 0.3) is 0 Å². The normalized spacial score (nSPS) is 12.7. The zero-order valence-corrected chi connectivity index (χ0v) is 12.0. The van der Waals surface area contributed by atoms with E-state index in [0.717, 1.165) is 11.3 Å². The van der Waals surface area contributed by atoms with E-state index in [2.05, 4.69) is 24.4 Å². The van der Waals surface area contributed by atoms with Crippen molar-refractivity contribution in [2.45, 2.75) is 38.3 Å². The summed E-state index contributed by atoms with van der Waals surface area (Å²) >= 11 is 1.79. The first-order valence-electron chi connectivity index (χ1n) is 6.22. The Morgan fingerprint density at radius 2 is 2.17 bits per heavy atom. The molecule has 1 rings (SSSR count). The Kier molecular flexibility index (Phi) is 6.22. The molecule has 0 aliphatic heterocycles. The lowest BCUT2D eigenvalue weighted by molar-refractivity contribution is -0.140. The molecular weight excluding hydrogens is 246 g/mol. The monoisotopic (exact) mass is 267 g/mol. The Hall–Kier alpha value is -1.00. The minimum absolute atomic E-state index is 0.0794. The average Bonchev–Trinajstić information content (AvgIpc) is 2.29. The van der Waals surface area contributed by atoms with Crippen LogP contribution in [0.2, 0.25) is 0 Å². The summed E-state index contributed by atoms with van der Waals surface area (Å²) in [7, 11) is 0. The van der Waals surface area contributed by atoms with Crippen LogP contribution in [-0.2, 0) is 11.3 Å². The molecule has 0 aliphatic rings. The second kappa shape index (κ2) is 7.44. The Balaban J connectivity index is 2.61. The largest absolute Gasteiger partial charge is 0.480 e. The molecular formula is C14H21NO2S. The fourth-order valence-electron chi connectivity index (χ4n) is 1.75. The molecule has 0 spiro atoms. The van der Waals surface area contributed by atoms with Gasteiger partial charge in [-0.05, 0) is 29.4 Å². The summed E-state index contributed by atoms with van der Waals surface area (Å²) in [6, 6.07) is 7.73. The molecule has 0 aromatic heterocycles. The molecule has 0 bridgehead atoms. The van der Waals surface area contributed by atoms with E-state index >= 15 is 0 Å². The number of thioether (sulfide) groups is 1. The second-order valence-corrected chi connectivity index (χ2v) is 5.86. The number of carbonyl (C=O) groups is 1. The van der Waals surface area contributed by atoms with Gasteiger partial charge in [0, 0.05) is 11.4 Å². The third-order valence-electron chi connectivity index (χ3n) is 2.67. The fourth-order valence-corrected chi connectivity index (χ4v) is 2.49. The van der Waals surface area contributed by atoms with Gasteiger partial charge in [-0.25, -0.2) is 0 Å². The molecule has 1 aromatic rings. The summed E-state index contributed by atoms with van der Waals surface area (Å²) in [5.41, 5.74) is 1.13. The quantitative estimate of drug-likeness (QED) is 0.746. The second-order valence-electron chi connectivity index (χ2n) is 4.52. The first-order valence-corrected chi connectivity index (χ1v) is 7.21. The average molecular weight is 267 g/mol. The van der Waals surface area contributed by atoms with Crippen molar-refractivity contribution in [2.24, 2.45) is 5.92 Å². The number of carboxylic acid groups (broad SMARTS) is 1. The summed E-state index contributed by atoms with van der Waals surface area (Å²) in [4.78, 5) is 12.3. The van der Waals surface area contributed by atoms with E-state index in [4.69, 9.17) is 5.11 Å². The number of hydrogen-bond acceptors (Lipinski definition) is 3. The lowest BCUT2D eigenvalue weighted by Gasteiger charge is -2.18. The fraction of sp³-hybridized carbons (Fsp3) is 0.500. The molecule has 100 valence electrons. The Bertz CT molecular complexity index is 393. The molecule has 2 N–H and O–H groups in total. The van der Waals surface area contributed by atoms with Crippen molar-refractivity contribution in [1.29, 1.82) is 0 Å². The zero-order valence-electron chi connectivity index (χ0n) is 11.1. The highest BCUT2D eigenvalue weighted by molar-refractivity contribution is 7.99. The summed E-state index contributed by atoms with van der Waals surface area (Å²) in [6.45, 7) is 6.53. The van der Waals surface area contributed by atoms with Crippen LogP contribution in [0.1, 0.15) is 26.3 Å². The highest BCUT2D eigenvalue weighted by Gasteiger charge is 2.20. The Morgan fingerprint density at radius 3 is 2.72 bits per heavy atom. The number of carboxylic acids is 1. The summed E-state index contributed by atoms with van der Waals surface area (Å²) < 4.78 is 0. The molecule has 0 radical (unpaired) electrons. The van der Waals surface area contributed by atoms with Crippen molar-refractivity contribution < 1.29 is 9.90 Å². The van der Waals surface area contributed by atoms with Crippen molar-refractivity contribution in [1.82, 2.24) is 5.32 Å². The smallest absolute Gasteiger partial charge is 0.320 e. The van der Waals surface area contributed by atoms with Crippen molar-refractivity contribution in [3.05, 3.63) is 29.8 Å². The predicted octanol–water partition coefficient (Wildman–Crippen LogP) is 3.00. The summed E-state index contributed by atoms with van der Waals surface area (Å²) in [5.74, 6) is 0.334. The van der Waals surface area contributed by atoms with Crippen molar-refractivity contribution in [3.8, 4) is 0 Å². The summed E-state index contributed by atoms with van der Waals surface area (Å²) in [5, 5.41) is 12.2. The number of nitrogens with one attached hydrogen (secondary N) is 1. The van der Waals surface area contributed by atoms with Crippen LogP contribution in [0.15, 0.2) is 29.2 Å². The van der Waals surface area contributed by atoms with Gasteiger partial charge in [-0.3, -0.25) is 4.79 Å². The first-order chi connectivity index (χ1) is 8.54. The van der Waals surface area contributed by atoms with Gasteiger partial charge in [-0.15, -0.1) is 11.8 Å². The maximum Gasteiger partial charge on any atom is 0.320 e. The van der Waals surface area contributed by atoms with Gasteiger partial charge in [0.05, 0.1) is 0 Å². The zero-order chi connectivity index (χ0) is 13.5. The molecule has 0 heterocycles. The number of hydrogen-bond donors (Lipinski definition) is 2. The van der Waals surface area contributed by atoms with E-state index in [1.165, 1.54) is 4.90 Å². The molecule has 18 heavy (non-hydrogen) atoms. The summed E-state index contributed by atoms with van der Waals surface area (Å²) in [6.07, 6.45) is 0. The van der Waals surface area contributed by atoms with Gasteiger partial charge in [0.15, 0.2) is 0 Å². The molecule has 0 fully saturated rings. The lowest BCUT2D eigenvalue weighted by Crippen LogP contribution is -2.40. The van der Waals surface area contributed by atoms with E-state index in [1.54, 1.807) is 11.8 Å². The molecule has 0 saturated carbocycles. The van der Waals surface area contributed by atoms with Crippen LogP contribution in [-0.4, -0.2) is 22.9 Å². The maximum absolute atomic E-state index is 11.1. The van der Waals surface area contributed by atoms with Crippen LogP contribution in [0, 0.1) is 5.92 Å². The van der Waals surface area contributed by atoms with E-state index in [-0.39, 0.29) is 5.92 Å². The van der Waals surface area contributed by atoms with Crippen LogP contribution in [0.25, 0.3) is 0 Å². The van der Waals surface area contributed by atoms with Crippen LogP contribution < -0.4 is 5.32 Å². The third kappa shape index (κ3) is 4.70. The lowest BCUT2D eigenvalue weighted by atomic mass is 10.0. The Morgan fingerprint density at radius 1 is 1.44 bits per heavy atom. The molecule has 0 aliphatic carbocycles. The van der Waals surface area contributed by atoms with Gasteiger partial charge in [-0.2, -0.15) is 0 Å². The van der Waals surface area contributed by atoms with Gasteiger partial charge in [-0.1, -0.05) is 32.9 Å². The highest BCUT2D eigenvalue weighted by atomic mass is 32.2. The Labute approximate surface area is 113 Å². The molecule has 4 heteroatoms. The molecule has 1 aromatic carbocycles. The van der Waals surface area contributed by atoms with E-state index in [9.17, 15) is 4.79 Å². The standard InChI is InChI=1S/C14H21NO2S/c1-4-18-12-7-5-6-11(8-12)9-15-13(10(2)3)14(16)17/h5-8,10,13,15H,4,9H2,1-3H3,(H,16,17)/t13-/m1/s1. The number of benzene rings is 1. The van der Waals surface area contributed by atoms with Gasteiger partial charge < -0.3 is 10.4 Å². The van der Waals surface area contributed by atoms with E-state index in [1.807, 2.05) is 26.0 Å². The van der Waals surface area contributed by atoms with Crippen LogP contribution in [0.4, 0.5) is 0 Å². The highest BCUT2D eigenvalue weighted by Crippen LogP contribution is 2.18. The predicted molar refractivity (Wildman–Crippen MR) is 75.9 cm³/mol. The maximum atomic E-state index is 11.1. The third-order valence-corrected chi connectivity index (χ3v) is 3.54. The topological polar surface area (TPSA) is 49.3 Å².